The van der Waals surface area contributed by atoms with Crippen molar-refractivity contribution < 1.29 is 9.84 Å². The maximum absolute atomic E-state index is 9.38. The van der Waals surface area contributed by atoms with E-state index in [4.69, 9.17) is 10.5 Å². The standard InChI is InChI=1S/C11H17NO2/c1-3-4-9(12)8-5-6-10(13)11(7-8)14-2/h5-7,9,13H,3-4,12H2,1-2H3/t9-/m0/s1. The Morgan fingerprint density at radius 1 is 1.50 bits per heavy atom. The molecule has 3 heteroatoms. The lowest BCUT2D eigenvalue weighted by Gasteiger charge is -2.12. The monoisotopic (exact) mass is 195 g/mol. The summed E-state index contributed by atoms with van der Waals surface area (Å²) in [5, 5.41) is 9.38. The number of benzene rings is 1. The summed E-state index contributed by atoms with van der Waals surface area (Å²) in [6, 6.07) is 5.26. The van der Waals surface area contributed by atoms with Gasteiger partial charge in [-0.25, -0.2) is 0 Å². The highest BCUT2D eigenvalue weighted by atomic mass is 16.5. The van der Waals surface area contributed by atoms with E-state index < -0.39 is 0 Å². The van der Waals surface area contributed by atoms with Crippen molar-refractivity contribution in [3.63, 3.8) is 0 Å². The van der Waals surface area contributed by atoms with Gasteiger partial charge in [0.1, 0.15) is 0 Å². The number of ether oxygens (including phenoxy) is 1. The van der Waals surface area contributed by atoms with E-state index in [0.29, 0.717) is 5.75 Å². The molecule has 0 fully saturated rings. The number of nitrogens with two attached hydrogens (primary N) is 1. The fourth-order valence-corrected chi connectivity index (χ4v) is 1.40. The van der Waals surface area contributed by atoms with E-state index in [1.807, 2.05) is 6.07 Å². The average molecular weight is 195 g/mol. The third-order valence-corrected chi connectivity index (χ3v) is 2.23. The van der Waals surface area contributed by atoms with Crippen molar-refractivity contribution in [3.05, 3.63) is 23.8 Å². The van der Waals surface area contributed by atoms with Gasteiger partial charge in [-0.1, -0.05) is 19.4 Å². The zero-order chi connectivity index (χ0) is 10.6. The third-order valence-electron chi connectivity index (χ3n) is 2.23. The van der Waals surface area contributed by atoms with Crippen LogP contribution in [0.5, 0.6) is 11.5 Å². The van der Waals surface area contributed by atoms with Crippen LogP contribution in [0.2, 0.25) is 0 Å². The number of aromatic hydroxyl groups is 1. The zero-order valence-corrected chi connectivity index (χ0v) is 8.66. The quantitative estimate of drug-likeness (QED) is 0.774. The Morgan fingerprint density at radius 3 is 2.79 bits per heavy atom. The lowest BCUT2D eigenvalue weighted by Crippen LogP contribution is -2.09. The van der Waals surface area contributed by atoms with Crippen molar-refractivity contribution in [2.45, 2.75) is 25.8 Å². The van der Waals surface area contributed by atoms with E-state index in [2.05, 4.69) is 6.92 Å². The average Bonchev–Trinajstić information content (AvgIpc) is 2.19. The molecule has 0 saturated heterocycles. The first-order valence-electron chi connectivity index (χ1n) is 4.81. The summed E-state index contributed by atoms with van der Waals surface area (Å²) in [4.78, 5) is 0. The molecular formula is C11H17NO2. The lowest BCUT2D eigenvalue weighted by atomic mass is 10.0. The number of hydrogen-bond donors (Lipinski definition) is 2. The molecule has 0 unspecified atom stereocenters. The molecule has 0 amide bonds. The largest absolute Gasteiger partial charge is 0.504 e. The molecule has 0 saturated carbocycles. The van der Waals surface area contributed by atoms with Gasteiger partial charge in [-0.3, -0.25) is 0 Å². The summed E-state index contributed by atoms with van der Waals surface area (Å²) >= 11 is 0. The second-order valence-electron chi connectivity index (χ2n) is 3.33. The minimum atomic E-state index is 0.0227. The summed E-state index contributed by atoms with van der Waals surface area (Å²) in [6.45, 7) is 2.09. The van der Waals surface area contributed by atoms with Gasteiger partial charge in [-0.15, -0.1) is 0 Å². The van der Waals surface area contributed by atoms with Gasteiger partial charge in [0.15, 0.2) is 11.5 Å². The number of hydrogen-bond acceptors (Lipinski definition) is 3. The summed E-state index contributed by atoms with van der Waals surface area (Å²) in [7, 11) is 1.53. The molecule has 1 rings (SSSR count). The molecule has 0 heterocycles. The Balaban J connectivity index is 2.88. The highest BCUT2D eigenvalue weighted by molar-refractivity contribution is 5.42. The van der Waals surface area contributed by atoms with Gasteiger partial charge in [0.25, 0.3) is 0 Å². The molecule has 3 nitrogen and oxygen atoms in total. The zero-order valence-electron chi connectivity index (χ0n) is 8.66. The van der Waals surface area contributed by atoms with Gasteiger partial charge in [-0.05, 0) is 24.1 Å². The Hall–Kier alpha value is -1.22. The van der Waals surface area contributed by atoms with Gasteiger partial charge in [0, 0.05) is 6.04 Å². The molecule has 0 aliphatic carbocycles. The Labute approximate surface area is 84.5 Å². The third kappa shape index (κ3) is 2.39. The molecule has 0 aromatic heterocycles. The number of phenolic OH excluding ortho intramolecular Hbond substituents is 1. The Morgan fingerprint density at radius 2 is 2.21 bits per heavy atom. The molecule has 0 aliphatic rings. The fraction of sp³-hybridized carbons (Fsp3) is 0.455. The molecular weight excluding hydrogens is 178 g/mol. The van der Waals surface area contributed by atoms with Crippen LogP contribution < -0.4 is 10.5 Å². The van der Waals surface area contributed by atoms with Crippen molar-refractivity contribution in [2.75, 3.05) is 7.11 Å². The highest BCUT2D eigenvalue weighted by Gasteiger charge is 2.08. The summed E-state index contributed by atoms with van der Waals surface area (Å²) in [5.41, 5.74) is 6.94. The minimum absolute atomic E-state index is 0.0227. The molecule has 1 aromatic carbocycles. The van der Waals surface area contributed by atoms with E-state index in [1.165, 1.54) is 7.11 Å². The molecule has 0 bridgehead atoms. The summed E-state index contributed by atoms with van der Waals surface area (Å²) in [5.74, 6) is 0.633. The van der Waals surface area contributed by atoms with Gasteiger partial charge < -0.3 is 15.6 Å². The van der Waals surface area contributed by atoms with Gasteiger partial charge in [-0.2, -0.15) is 0 Å². The Bertz CT molecular complexity index is 299. The van der Waals surface area contributed by atoms with Crippen LogP contribution in [-0.4, -0.2) is 12.2 Å². The minimum Gasteiger partial charge on any atom is -0.504 e. The van der Waals surface area contributed by atoms with Crippen LogP contribution in [0.3, 0.4) is 0 Å². The summed E-state index contributed by atoms with van der Waals surface area (Å²) < 4.78 is 5.01. The van der Waals surface area contributed by atoms with E-state index in [-0.39, 0.29) is 11.8 Å². The molecule has 1 atom stereocenters. The van der Waals surface area contributed by atoms with E-state index in [1.54, 1.807) is 12.1 Å². The molecule has 0 aliphatic heterocycles. The predicted octanol–water partition coefficient (Wildman–Crippen LogP) is 2.20. The van der Waals surface area contributed by atoms with E-state index in [9.17, 15) is 5.11 Å². The van der Waals surface area contributed by atoms with Crippen LogP contribution in [0, 0.1) is 0 Å². The van der Waals surface area contributed by atoms with Gasteiger partial charge in [0.2, 0.25) is 0 Å². The smallest absolute Gasteiger partial charge is 0.160 e. The lowest BCUT2D eigenvalue weighted by molar-refractivity contribution is 0.372. The van der Waals surface area contributed by atoms with Crippen molar-refractivity contribution in [3.8, 4) is 11.5 Å². The maximum atomic E-state index is 9.38. The first kappa shape index (κ1) is 10.9. The molecule has 0 radical (unpaired) electrons. The molecule has 3 N–H and O–H groups in total. The van der Waals surface area contributed by atoms with E-state index >= 15 is 0 Å². The van der Waals surface area contributed by atoms with Crippen LogP contribution >= 0.6 is 0 Å². The maximum Gasteiger partial charge on any atom is 0.160 e. The second-order valence-corrected chi connectivity index (χ2v) is 3.33. The first-order chi connectivity index (χ1) is 6.69. The van der Waals surface area contributed by atoms with Crippen LogP contribution in [0.25, 0.3) is 0 Å². The van der Waals surface area contributed by atoms with Crippen molar-refractivity contribution in [1.29, 1.82) is 0 Å². The number of methoxy groups -OCH3 is 1. The number of phenols is 1. The van der Waals surface area contributed by atoms with Crippen molar-refractivity contribution in [1.82, 2.24) is 0 Å². The van der Waals surface area contributed by atoms with Crippen LogP contribution in [0.15, 0.2) is 18.2 Å². The van der Waals surface area contributed by atoms with Crippen LogP contribution in [0.1, 0.15) is 31.4 Å². The van der Waals surface area contributed by atoms with Crippen LogP contribution in [-0.2, 0) is 0 Å². The Kier molecular flexibility index (Phi) is 3.77. The second kappa shape index (κ2) is 4.86. The highest BCUT2D eigenvalue weighted by Crippen LogP contribution is 2.29. The molecule has 78 valence electrons. The first-order valence-corrected chi connectivity index (χ1v) is 4.81. The topological polar surface area (TPSA) is 55.5 Å². The molecule has 1 aromatic rings. The number of rotatable bonds is 4. The summed E-state index contributed by atoms with van der Waals surface area (Å²) in [6.07, 6.45) is 1.98. The van der Waals surface area contributed by atoms with Gasteiger partial charge in [0.05, 0.1) is 7.11 Å². The SMILES string of the molecule is CCC[C@H](N)c1ccc(O)c(OC)c1. The fourth-order valence-electron chi connectivity index (χ4n) is 1.40. The molecule has 14 heavy (non-hydrogen) atoms. The van der Waals surface area contributed by atoms with E-state index in [0.717, 1.165) is 18.4 Å². The predicted molar refractivity (Wildman–Crippen MR) is 56.5 cm³/mol. The molecule has 0 spiro atoms. The van der Waals surface area contributed by atoms with Crippen molar-refractivity contribution in [2.24, 2.45) is 5.73 Å². The van der Waals surface area contributed by atoms with Crippen LogP contribution in [0.4, 0.5) is 0 Å². The normalized spacial score (nSPS) is 12.5. The van der Waals surface area contributed by atoms with Crippen molar-refractivity contribution >= 4 is 0 Å². The van der Waals surface area contributed by atoms with Gasteiger partial charge >= 0.3 is 0 Å².